The van der Waals surface area contributed by atoms with E-state index in [1.54, 1.807) is 0 Å². The first-order valence-electron chi connectivity index (χ1n) is 6.07. The highest BCUT2D eigenvalue weighted by molar-refractivity contribution is 5.83. The Morgan fingerprint density at radius 2 is 1.93 bits per heavy atom. The van der Waals surface area contributed by atoms with Crippen LogP contribution in [-0.4, -0.2) is 5.78 Å². The zero-order chi connectivity index (χ0) is 11.3. The zero-order valence-electron chi connectivity index (χ0n) is 9.83. The third-order valence-electron chi connectivity index (χ3n) is 3.37. The number of carbonyl (C=O) groups excluding carboxylic acids is 1. The van der Waals surface area contributed by atoms with Crippen molar-refractivity contribution < 1.29 is 4.79 Å². The third kappa shape index (κ3) is 3.66. The molecule has 0 bridgehead atoms. The molecule has 2 nitrogen and oxygen atoms in total. The Bertz CT molecular complexity index is 246. The number of hydrogen-bond acceptors (Lipinski definition) is 2. The molecule has 0 radical (unpaired) electrons. The van der Waals surface area contributed by atoms with Crippen LogP contribution < -0.4 is 0 Å². The number of nitriles is 1. The lowest BCUT2D eigenvalue weighted by atomic mass is 9.81. The van der Waals surface area contributed by atoms with E-state index in [2.05, 4.69) is 6.07 Å². The van der Waals surface area contributed by atoms with E-state index in [9.17, 15) is 4.79 Å². The minimum atomic E-state index is -0.382. The zero-order valence-corrected chi connectivity index (χ0v) is 9.83. The van der Waals surface area contributed by atoms with E-state index in [0.717, 1.165) is 0 Å². The van der Waals surface area contributed by atoms with E-state index in [1.165, 1.54) is 32.1 Å². The lowest BCUT2D eigenvalue weighted by Gasteiger charge is -2.22. The fourth-order valence-corrected chi connectivity index (χ4v) is 2.40. The normalized spacial score (nSPS) is 19.9. The molecule has 1 rings (SSSR count). The molecule has 0 aliphatic heterocycles. The van der Waals surface area contributed by atoms with Crippen molar-refractivity contribution in [3.63, 3.8) is 0 Å². The van der Waals surface area contributed by atoms with Crippen LogP contribution in [0.25, 0.3) is 0 Å². The fraction of sp³-hybridized carbons (Fsp3) is 0.846. The molecule has 0 amide bonds. The first-order valence-corrected chi connectivity index (χ1v) is 6.07. The van der Waals surface area contributed by atoms with Crippen LogP contribution in [0, 0.1) is 29.1 Å². The molecule has 2 heteroatoms. The van der Waals surface area contributed by atoms with Gasteiger partial charge < -0.3 is 0 Å². The largest absolute Gasteiger partial charge is 0.298 e. The van der Waals surface area contributed by atoms with Gasteiger partial charge in [0.1, 0.15) is 5.92 Å². The molecular weight excluding hydrogens is 186 g/mol. The van der Waals surface area contributed by atoms with E-state index in [-0.39, 0.29) is 17.6 Å². The Labute approximate surface area is 92.7 Å². The van der Waals surface area contributed by atoms with Crippen LogP contribution in [-0.2, 0) is 4.79 Å². The van der Waals surface area contributed by atoms with Gasteiger partial charge in [0.25, 0.3) is 0 Å². The molecule has 0 spiro atoms. The molecule has 1 aliphatic rings. The van der Waals surface area contributed by atoms with Crippen molar-refractivity contribution in [3.05, 3.63) is 0 Å². The number of ketones is 1. The minimum Gasteiger partial charge on any atom is -0.298 e. The monoisotopic (exact) mass is 207 g/mol. The summed E-state index contributed by atoms with van der Waals surface area (Å²) >= 11 is 0. The van der Waals surface area contributed by atoms with Crippen LogP contribution in [0.2, 0.25) is 0 Å². The Morgan fingerprint density at radius 1 is 1.33 bits per heavy atom. The van der Waals surface area contributed by atoms with Gasteiger partial charge in [-0.25, -0.2) is 0 Å². The number of nitrogens with zero attached hydrogens (tertiary/aromatic N) is 1. The van der Waals surface area contributed by atoms with Crippen LogP contribution in [0.15, 0.2) is 0 Å². The Hall–Kier alpha value is -0.840. The second-order valence-corrected chi connectivity index (χ2v) is 5.03. The highest BCUT2D eigenvalue weighted by Gasteiger charge is 2.25. The van der Waals surface area contributed by atoms with Crippen molar-refractivity contribution in [1.82, 2.24) is 0 Å². The first kappa shape index (κ1) is 12.2. The van der Waals surface area contributed by atoms with Crippen LogP contribution >= 0.6 is 0 Å². The topological polar surface area (TPSA) is 40.9 Å². The highest BCUT2D eigenvalue weighted by atomic mass is 16.1. The van der Waals surface area contributed by atoms with Crippen LogP contribution in [0.5, 0.6) is 0 Å². The summed E-state index contributed by atoms with van der Waals surface area (Å²) in [7, 11) is 0. The molecule has 15 heavy (non-hydrogen) atoms. The van der Waals surface area contributed by atoms with Gasteiger partial charge in [-0.05, 0) is 11.8 Å². The molecule has 1 fully saturated rings. The highest BCUT2D eigenvalue weighted by Crippen LogP contribution is 2.28. The van der Waals surface area contributed by atoms with E-state index in [0.29, 0.717) is 12.3 Å². The average Bonchev–Trinajstić information content (AvgIpc) is 2.19. The molecule has 84 valence electrons. The summed E-state index contributed by atoms with van der Waals surface area (Å²) in [6.45, 7) is 3.90. The number of Topliss-reactive ketones (excluding diaryl/α,β-unsaturated/α-hetero) is 1. The second-order valence-electron chi connectivity index (χ2n) is 5.03. The summed E-state index contributed by atoms with van der Waals surface area (Å²) in [5, 5.41) is 8.93. The quantitative estimate of drug-likeness (QED) is 0.709. The molecule has 0 aromatic rings. The van der Waals surface area contributed by atoms with E-state index < -0.39 is 0 Å². The Balaban J connectivity index is 2.43. The summed E-state index contributed by atoms with van der Waals surface area (Å²) in [6, 6.07) is 2.14. The van der Waals surface area contributed by atoms with Crippen molar-refractivity contribution in [1.29, 1.82) is 5.26 Å². The molecule has 1 atom stereocenters. The van der Waals surface area contributed by atoms with Gasteiger partial charge in [0, 0.05) is 6.42 Å². The van der Waals surface area contributed by atoms with Crippen molar-refractivity contribution >= 4 is 5.78 Å². The summed E-state index contributed by atoms with van der Waals surface area (Å²) in [6.07, 6.45) is 6.84. The average molecular weight is 207 g/mol. The van der Waals surface area contributed by atoms with E-state index >= 15 is 0 Å². The Morgan fingerprint density at radius 3 is 2.40 bits per heavy atom. The molecule has 0 aromatic carbocycles. The minimum absolute atomic E-state index is 0.158. The summed E-state index contributed by atoms with van der Waals surface area (Å²) in [4.78, 5) is 11.9. The van der Waals surface area contributed by atoms with Gasteiger partial charge in [-0.1, -0.05) is 46.0 Å². The molecule has 0 saturated heterocycles. The van der Waals surface area contributed by atoms with E-state index in [1.807, 2.05) is 13.8 Å². The maximum absolute atomic E-state index is 11.9. The molecule has 0 heterocycles. The molecule has 1 saturated carbocycles. The van der Waals surface area contributed by atoms with Crippen LogP contribution in [0.4, 0.5) is 0 Å². The molecule has 1 aliphatic carbocycles. The maximum Gasteiger partial charge on any atom is 0.150 e. The smallest absolute Gasteiger partial charge is 0.150 e. The van der Waals surface area contributed by atoms with Crippen molar-refractivity contribution in [2.75, 3.05) is 0 Å². The molecule has 0 N–H and O–H groups in total. The van der Waals surface area contributed by atoms with E-state index in [4.69, 9.17) is 5.26 Å². The van der Waals surface area contributed by atoms with Gasteiger partial charge in [0.15, 0.2) is 5.78 Å². The van der Waals surface area contributed by atoms with Crippen LogP contribution in [0.1, 0.15) is 52.4 Å². The lowest BCUT2D eigenvalue weighted by Crippen LogP contribution is -2.22. The predicted octanol–water partition coefficient (Wildman–Crippen LogP) is 3.32. The lowest BCUT2D eigenvalue weighted by molar-refractivity contribution is -0.123. The number of carbonyl (C=O) groups is 1. The molecular formula is C13H21NO. The van der Waals surface area contributed by atoms with Gasteiger partial charge >= 0.3 is 0 Å². The molecule has 0 aromatic heterocycles. The number of rotatable bonds is 4. The van der Waals surface area contributed by atoms with Gasteiger partial charge in [-0.3, -0.25) is 4.79 Å². The first-order chi connectivity index (χ1) is 7.15. The fourth-order valence-electron chi connectivity index (χ4n) is 2.40. The summed E-state index contributed by atoms with van der Waals surface area (Å²) in [5.74, 6) is 0.498. The van der Waals surface area contributed by atoms with Gasteiger partial charge in [0.05, 0.1) is 6.07 Å². The van der Waals surface area contributed by atoms with Gasteiger partial charge in [-0.15, -0.1) is 0 Å². The van der Waals surface area contributed by atoms with Crippen molar-refractivity contribution in [2.24, 2.45) is 17.8 Å². The summed E-state index contributed by atoms with van der Waals surface area (Å²) < 4.78 is 0. The predicted molar refractivity (Wildman–Crippen MR) is 60.1 cm³/mol. The maximum atomic E-state index is 11.9. The number of hydrogen-bond donors (Lipinski definition) is 0. The van der Waals surface area contributed by atoms with Crippen molar-refractivity contribution in [2.45, 2.75) is 52.4 Å². The Kier molecular flexibility index (Phi) is 4.81. The standard InChI is InChI=1S/C13H21NO/c1-10(2)12(9-14)13(15)8-11-6-4-3-5-7-11/h10-12H,3-8H2,1-2H3. The third-order valence-corrected chi connectivity index (χ3v) is 3.37. The van der Waals surface area contributed by atoms with Crippen molar-refractivity contribution in [3.8, 4) is 6.07 Å². The summed E-state index contributed by atoms with van der Waals surface area (Å²) in [5.41, 5.74) is 0. The second kappa shape index (κ2) is 5.90. The molecule has 1 unspecified atom stereocenters. The van der Waals surface area contributed by atoms with Gasteiger partial charge in [0.2, 0.25) is 0 Å². The van der Waals surface area contributed by atoms with Gasteiger partial charge in [-0.2, -0.15) is 5.26 Å². The van der Waals surface area contributed by atoms with Crippen LogP contribution in [0.3, 0.4) is 0 Å². The SMILES string of the molecule is CC(C)C(C#N)C(=O)CC1CCCCC1.